The summed E-state index contributed by atoms with van der Waals surface area (Å²) in [6.45, 7) is 11.1. The molecule has 1 aromatic rings. The molecule has 9 heteroatoms. The summed E-state index contributed by atoms with van der Waals surface area (Å²) in [5.74, 6) is 0. The number of pyridine rings is 1. The van der Waals surface area contributed by atoms with Crippen LogP contribution in [0.5, 0.6) is 0 Å². The van der Waals surface area contributed by atoms with Gasteiger partial charge in [-0.2, -0.15) is 0 Å². The largest absolute Gasteiger partial charge is 0.309 e. The van der Waals surface area contributed by atoms with Crippen molar-refractivity contribution in [2.75, 3.05) is 53.4 Å². The van der Waals surface area contributed by atoms with E-state index < -0.39 is 0 Å². The lowest BCUT2D eigenvalue weighted by atomic mass is 10.1. The average Bonchev–Trinajstić information content (AvgIpc) is 2.58. The first kappa shape index (κ1) is 33.5. The number of hydrogen-bond acceptors (Lipinski definition) is 5. The van der Waals surface area contributed by atoms with E-state index in [1.54, 1.807) is 0 Å². The van der Waals surface area contributed by atoms with Gasteiger partial charge in [0.05, 0.1) is 11.4 Å². The Hall–Kier alpha value is 0.910. The molecular weight excluding hydrogens is 618 g/mol. The maximum atomic E-state index is 4.85. The zero-order valence-corrected chi connectivity index (χ0v) is 24.4. The van der Waals surface area contributed by atoms with E-state index in [-0.39, 0.29) is 67.9 Å². The minimum absolute atomic E-state index is 0. The summed E-state index contributed by atoms with van der Waals surface area (Å²) in [5.41, 5.74) is 2.28. The molecule has 1 aliphatic heterocycles. The summed E-state index contributed by atoms with van der Waals surface area (Å²) >= 11 is 0. The van der Waals surface area contributed by atoms with Crippen LogP contribution in [-0.2, 0) is 0 Å². The Bertz CT molecular complexity index is 460. The van der Waals surface area contributed by atoms with E-state index in [1.807, 2.05) is 0 Å². The van der Waals surface area contributed by atoms with Crippen molar-refractivity contribution in [1.29, 1.82) is 0 Å². The third-order valence-electron chi connectivity index (χ3n) is 4.75. The highest BCUT2D eigenvalue weighted by Gasteiger charge is 2.12. The monoisotopic (exact) mass is 653 g/mol. The molecule has 0 spiro atoms. The van der Waals surface area contributed by atoms with Crippen molar-refractivity contribution < 1.29 is 0 Å². The standard InChI is InChI=1S/C19H35N5.4BrH/c1-16-18-8-5-9-19(22-18)17(2)21-11-7-13-24(12-6-10-20-16)15-14-23(3)4;;;;/h5,8-9,16-17,20-21H,6-7,10-15H2,1-4H3;4*1H. The van der Waals surface area contributed by atoms with Crippen LogP contribution >= 0.6 is 67.9 Å². The lowest BCUT2D eigenvalue weighted by molar-refractivity contribution is 0.233. The minimum Gasteiger partial charge on any atom is -0.309 e. The summed E-state index contributed by atoms with van der Waals surface area (Å²) in [7, 11) is 4.30. The molecule has 2 unspecified atom stereocenters. The molecule has 0 radical (unpaired) electrons. The zero-order chi connectivity index (χ0) is 17.4. The summed E-state index contributed by atoms with van der Waals surface area (Å²) < 4.78 is 0. The maximum Gasteiger partial charge on any atom is 0.0574 e. The number of aromatic nitrogens is 1. The second-order valence-corrected chi connectivity index (χ2v) is 7.19. The number of halogens is 4. The third-order valence-corrected chi connectivity index (χ3v) is 4.75. The van der Waals surface area contributed by atoms with E-state index >= 15 is 0 Å². The molecule has 0 saturated carbocycles. The van der Waals surface area contributed by atoms with Crippen molar-refractivity contribution in [2.45, 2.75) is 38.8 Å². The minimum atomic E-state index is 0. The average molecular weight is 657 g/mol. The normalized spacial score (nSPS) is 21.2. The van der Waals surface area contributed by atoms with E-state index in [9.17, 15) is 0 Å². The van der Waals surface area contributed by atoms with Crippen molar-refractivity contribution in [3.63, 3.8) is 0 Å². The topological polar surface area (TPSA) is 43.4 Å². The molecule has 0 aromatic carbocycles. The van der Waals surface area contributed by atoms with Crippen LogP contribution in [0.1, 0.15) is 50.2 Å². The fraction of sp³-hybridized carbons (Fsp3) is 0.737. The van der Waals surface area contributed by atoms with Crippen LogP contribution in [-0.4, -0.2) is 68.1 Å². The Balaban J connectivity index is -0.00000156. The van der Waals surface area contributed by atoms with Crippen molar-refractivity contribution in [2.24, 2.45) is 0 Å². The van der Waals surface area contributed by atoms with Gasteiger partial charge in [-0.3, -0.25) is 4.98 Å². The van der Waals surface area contributed by atoms with Crippen LogP contribution in [0.2, 0.25) is 0 Å². The molecule has 0 aliphatic carbocycles. The van der Waals surface area contributed by atoms with Gasteiger partial charge in [-0.05, 0) is 79.1 Å². The summed E-state index contributed by atoms with van der Waals surface area (Å²) in [6.07, 6.45) is 2.36. The molecule has 28 heavy (non-hydrogen) atoms. The smallest absolute Gasteiger partial charge is 0.0574 e. The van der Waals surface area contributed by atoms with Gasteiger partial charge in [0, 0.05) is 25.2 Å². The molecule has 2 N–H and O–H groups in total. The van der Waals surface area contributed by atoms with Crippen LogP contribution in [0.3, 0.4) is 0 Å². The van der Waals surface area contributed by atoms with Crippen LogP contribution in [0.4, 0.5) is 0 Å². The number of nitrogens with zero attached hydrogens (tertiary/aromatic N) is 3. The van der Waals surface area contributed by atoms with Crippen LogP contribution in [0.25, 0.3) is 0 Å². The summed E-state index contributed by atoms with van der Waals surface area (Å²) in [4.78, 5) is 9.71. The molecule has 5 nitrogen and oxygen atoms in total. The van der Waals surface area contributed by atoms with E-state index in [0.29, 0.717) is 12.1 Å². The van der Waals surface area contributed by atoms with Crippen LogP contribution in [0, 0.1) is 0 Å². The van der Waals surface area contributed by atoms with Crippen molar-refractivity contribution >= 4 is 67.9 Å². The molecule has 2 heterocycles. The van der Waals surface area contributed by atoms with Gasteiger partial charge >= 0.3 is 0 Å². The van der Waals surface area contributed by atoms with Crippen LogP contribution < -0.4 is 10.6 Å². The molecule has 1 aromatic heterocycles. The molecule has 0 saturated heterocycles. The Morgan fingerprint density at radius 3 is 1.82 bits per heavy atom. The van der Waals surface area contributed by atoms with Crippen molar-refractivity contribution in [3.05, 3.63) is 29.6 Å². The van der Waals surface area contributed by atoms with Gasteiger partial charge in [0.1, 0.15) is 0 Å². The van der Waals surface area contributed by atoms with Gasteiger partial charge in [-0.25, -0.2) is 0 Å². The molecule has 2 rings (SSSR count). The highest BCUT2D eigenvalue weighted by Crippen LogP contribution is 2.15. The van der Waals surface area contributed by atoms with Gasteiger partial charge in [-0.1, -0.05) is 6.07 Å². The zero-order valence-electron chi connectivity index (χ0n) is 17.5. The molecule has 1 aliphatic rings. The van der Waals surface area contributed by atoms with Gasteiger partial charge < -0.3 is 20.4 Å². The van der Waals surface area contributed by atoms with E-state index in [1.165, 1.54) is 12.8 Å². The number of likely N-dealkylation sites (N-methyl/N-ethyl adjacent to an activating group) is 1. The lowest BCUT2D eigenvalue weighted by Crippen LogP contribution is -2.36. The number of rotatable bonds is 3. The molecule has 0 fully saturated rings. The molecule has 0 amide bonds. The summed E-state index contributed by atoms with van der Waals surface area (Å²) in [6, 6.07) is 6.99. The van der Waals surface area contributed by atoms with E-state index in [2.05, 4.69) is 66.6 Å². The number of fused-ring (bicyclic) bond motifs is 2. The second-order valence-electron chi connectivity index (χ2n) is 7.19. The van der Waals surface area contributed by atoms with E-state index in [0.717, 1.165) is 50.7 Å². The predicted octanol–water partition coefficient (Wildman–Crippen LogP) is 4.35. The molecule has 168 valence electrons. The van der Waals surface area contributed by atoms with E-state index in [4.69, 9.17) is 4.98 Å². The predicted molar refractivity (Wildman–Crippen MR) is 143 cm³/mol. The maximum absolute atomic E-state index is 4.85. The molecule has 2 atom stereocenters. The second kappa shape index (κ2) is 18.7. The van der Waals surface area contributed by atoms with Crippen molar-refractivity contribution in [3.8, 4) is 0 Å². The SMILES string of the molecule is Br.Br.Br.Br.CC1NCCCN(CCN(C)C)CCCNC(C)c2cccc1n2. The van der Waals surface area contributed by atoms with Crippen molar-refractivity contribution in [1.82, 2.24) is 25.4 Å². The first-order valence-electron chi connectivity index (χ1n) is 9.37. The Labute approximate surface area is 213 Å². The fourth-order valence-corrected chi connectivity index (χ4v) is 3.08. The van der Waals surface area contributed by atoms with Gasteiger partial charge in [0.25, 0.3) is 0 Å². The molecular formula is C19H39Br4N5. The Morgan fingerprint density at radius 2 is 1.39 bits per heavy atom. The molecule has 2 bridgehead atoms. The highest BCUT2D eigenvalue weighted by molar-refractivity contribution is 8.93. The Kier molecular flexibility index (Phi) is 22.4. The number of nitrogens with one attached hydrogen (secondary N) is 2. The highest BCUT2D eigenvalue weighted by atomic mass is 79.9. The number of hydrogen-bond donors (Lipinski definition) is 2. The fourth-order valence-electron chi connectivity index (χ4n) is 3.08. The van der Waals surface area contributed by atoms with Crippen LogP contribution in [0.15, 0.2) is 18.2 Å². The lowest BCUT2D eigenvalue weighted by Gasteiger charge is -2.25. The summed E-state index contributed by atoms with van der Waals surface area (Å²) in [5, 5.41) is 7.25. The first-order valence-corrected chi connectivity index (χ1v) is 9.37. The van der Waals surface area contributed by atoms with Gasteiger partial charge in [-0.15, -0.1) is 67.9 Å². The van der Waals surface area contributed by atoms with Gasteiger partial charge in [0.2, 0.25) is 0 Å². The quantitative estimate of drug-likeness (QED) is 0.507. The van der Waals surface area contributed by atoms with Gasteiger partial charge in [0.15, 0.2) is 0 Å². The Morgan fingerprint density at radius 1 is 0.929 bits per heavy atom. The first-order chi connectivity index (χ1) is 11.6. The third kappa shape index (κ3) is 12.6.